The van der Waals surface area contributed by atoms with Gasteiger partial charge in [0.1, 0.15) is 24.2 Å². The summed E-state index contributed by atoms with van der Waals surface area (Å²) >= 11 is 0. The van der Waals surface area contributed by atoms with Gasteiger partial charge in [0.05, 0.1) is 23.4 Å². The first-order valence-electron chi connectivity index (χ1n) is 11.4. The van der Waals surface area contributed by atoms with Gasteiger partial charge in [-0.15, -0.1) is 6.58 Å². The number of hydrogen-bond acceptors (Lipinski definition) is 6. The highest BCUT2D eigenvalue weighted by Crippen LogP contribution is 2.33. The summed E-state index contributed by atoms with van der Waals surface area (Å²) in [6.07, 6.45) is 8.85. The van der Waals surface area contributed by atoms with Gasteiger partial charge < -0.3 is 10.4 Å². The number of aliphatic imine (C=N–C) groups is 1. The number of aromatic nitrogens is 4. The molecular weight excluding hydrogens is 435 g/mol. The van der Waals surface area contributed by atoms with Crippen molar-refractivity contribution in [3.05, 3.63) is 72.7 Å². The Kier molecular flexibility index (Phi) is 8.59. The molecule has 3 atom stereocenters. The molecule has 8 nitrogen and oxygen atoms in total. The third-order valence-corrected chi connectivity index (χ3v) is 5.57. The number of pyridine rings is 1. The second-order valence-electron chi connectivity index (χ2n) is 8.28. The van der Waals surface area contributed by atoms with Gasteiger partial charge in [-0.2, -0.15) is 5.10 Å². The lowest BCUT2D eigenvalue weighted by Gasteiger charge is -2.13. The second-order valence-corrected chi connectivity index (χ2v) is 8.28. The standard InChI is InChI=1S/C25H31FN6O2/c1-5-8-18(12-23(27-7-3)31-25(34)19-13-20(19)26)32-24(29-15-30-32)11-17-14-28-21(10-16(17)4)22(33)9-6-2/h5,7,10,12,14-15,19-20,22,33H,1,3,6,8-9,11,13H2,2,4H3,(H,27,31,34)/b18-12+. The molecule has 2 heterocycles. The van der Waals surface area contributed by atoms with Gasteiger partial charge in [-0.25, -0.2) is 19.0 Å². The van der Waals surface area contributed by atoms with Crippen LogP contribution in [0.4, 0.5) is 4.39 Å². The van der Waals surface area contributed by atoms with Gasteiger partial charge in [-0.1, -0.05) is 26.0 Å². The Hall–Kier alpha value is -3.46. The molecule has 9 heteroatoms. The molecule has 34 heavy (non-hydrogen) atoms. The van der Waals surface area contributed by atoms with E-state index in [1.807, 2.05) is 19.9 Å². The maximum absolute atomic E-state index is 13.3. The number of amides is 1. The lowest BCUT2D eigenvalue weighted by molar-refractivity contribution is -0.121. The van der Waals surface area contributed by atoms with Crippen LogP contribution in [0.3, 0.4) is 0 Å². The van der Waals surface area contributed by atoms with Crippen LogP contribution in [0, 0.1) is 12.8 Å². The molecule has 1 aliphatic rings. The Morgan fingerprint density at radius 1 is 1.44 bits per heavy atom. The Bertz CT molecular complexity index is 1110. The van der Waals surface area contributed by atoms with E-state index in [-0.39, 0.29) is 12.3 Å². The number of allylic oxidation sites excluding steroid dienone is 2. The molecule has 0 spiro atoms. The summed E-state index contributed by atoms with van der Waals surface area (Å²) in [5.74, 6) is -0.143. The fourth-order valence-electron chi connectivity index (χ4n) is 3.56. The predicted molar refractivity (Wildman–Crippen MR) is 130 cm³/mol. The van der Waals surface area contributed by atoms with E-state index < -0.39 is 24.1 Å². The van der Waals surface area contributed by atoms with Crippen molar-refractivity contribution < 1.29 is 14.3 Å². The summed E-state index contributed by atoms with van der Waals surface area (Å²) in [4.78, 5) is 25.2. The van der Waals surface area contributed by atoms with E-state index >= 15 is 0 Å². The number of amidine groups is 1. The normalized spacial score (nSPS) is 18.9. The molecule has 3 unspecified atom stereocenters. The maximum Gasteiger partial charge on any atom is 0.231 e. The van der Waals surface area contributed by atoms with Crippen LogP contribution in [-0.2, 0) is 11.2 Å². The lowest BCUT2D eigenvalue weighted by atomic mass is 10.0. The average Bonchev–Trinajstić information content (AvgIpc) is 3.36. The number of nitrogens with zero attached hydrogens (tertiary/aromatic N) is 5. The molecule has 180 valence electrons. The van der Waals surface area contributed by atoms with Crippen LogP contribution < -0.4 is 5.32 Å². The highest BCUT2D eigenvalue weighted by Gasteiger charge is 2.43. The highest BCUT2D eigenvalue weighted by atomic mass is 19.1. The quantitative estimate of drug-likeness (QED) is 0.297. The van der Waals surface area contributed by atoms with Crippen molar-refractivity contribution in [1.29, 1.82) is 0 Å². The Balaban J connectivity index is 1.85. The Labute approximate surface area is 199 Å². The van der Waals surface area contributed by atoms with Gasteiger partial charge in [0.15, 0.2) is 0 Å². The number of carbonyl (C=O) groups is 1. The predicted octanol–water partition coefficient (Wildman–Crippen LogP) is 3.84. The monoisotopic (exact) mass is 466 g/mol. The van der Waals surface area contributed by atoms with E-state index in [1.165, 1.54) is 12.5 Å². The molecule has 1 saturated carbocycles. The van der Waals surface area contributed by atoms with E-state index in [1.54, 1.807) is 23.0 Å². The summed E-state index contributed by atoms with van der Waals surface area (Å²) in [6, 6.07) is 1.90. The molecule has 2 aromatic rings. The van der Waals surface area contributed by atoms with Crippen LogP contribution >= 0.6 is 0 Å². The van der Waals surface area contributed by atoms with E-state index in [9.17, 15) is 14.3 Å². The third kappa shape index (κ3) is 6.32. The van der Waals surface area contributed by atoms with Crippen LogP contribution in [-0.4, -0.2) is 42.8 Å². The van der Waals surface area contributed by atoms with Crippen molar-refractivity contribution in [2.45, 2.75) is 58.2 Å². The molecule has 2 N–H and O–H groups in total. The Morgan fingerprint density at radius 3 is 2.82 bits per heavy atom. The van der Waals surface area contributed by atoms with Gasteiger partial charge >= 0.3 is 0 Å². The zero-order chi connectivity index (χ0) is 24.7. The molecule has 1 fully saturated rings. The van der Waals surface area contributed by atoms with Crippen molar-refractivity contribution in [3.63, 3.8) is 0 Å². The number of aliphatic hydroxyl groups excluding tert-OH is 1. The minimum atomic E-state index is -1.10. The fourth-order valence-corrected chi connectivity index (χ4v) is 3.56. The number of rotatable bonds is 11. The largest absolute Gasteiger partial charge is 0.387 e. The van der Waals surface area contributed by atoms with Crippen molar-refractivity contribution >= 4 is 17.4 Å². The SMILES string of the molecule is C=CC/C(=C\C(=NC=C)NC(=O)C1CC1F)n1ncnc1Cc1cnc(C(O)CCC)cc1C. The van der Waals surface area contributed by atoms with E-state index in [0.717, 1.165) is 17.5 Å². The van der Waals surface area contributed by atoms with Crippen molar-refractivity contribution in [2.24, 2.45) is 10.9 Å². The first-order valence-corrected chi connectivity index (χ1v) is 11.4. The zero-order valence-corrected chi connectivity index (χ0v) is 19.6. The average molecular weight is 467 g/mol. The smallest absolute Gasteiger partial charge is 0.231 e. The number of aliphatic hydroxyl groups is 1. The number of carbonyl (C=O) groups excluding carboxylic acids is 1. The first-order chi connectivity index (χ1) is 16.4. The van der Waals surface area contributed by atoms with Crippen molar-refractivity contribution in [1.82, 2.24) is 25.1 Å². The zero-order valence-electron chi connectivity index (χ0n) is 19.6. The van der Waals surface area contributed by atoms with E-state index in [0.29, 0.717) is 36.5 Å². The first kappa shape index (κ1) is 25.2. The third-order valence-electron chi connectivity index (χ3n) is 5.57. The van der Waals surface area contributed by atoms with E-state index in [2.05, 4.69) is 38.5 Å². The summed E-state index contributed by atoms with van der Waals surface area (Å²) in [5, 5.41) is 17.3. The van der Waals surface area contributed by atoms with Crippen LogP contribution in [0.2, 0.25) is 0 Å². The summed E-state index contributed by atoms with van der Waals surface area (Å²) in [6.45, 7) is 11.4. The number of alkyl halides is 1. The topological polar surface area (TPSA) is 105 Å². The molecule has 1 amide bonds. The molecule has 0 radical (unpaired) electrons. The number of aryl methyl sites for hydroxylation is 1. The van der Waals surface area contributed by atoms with Crippen molar-refractivity contribution in [2.75, 3.05) is 0 Å². The molecule has 0 saturated heterocycles. The maximum atomic E-state index is 13.3. The summed E-state index contributed by atoms with van der Waals surface area (Å²) in [7, 11) is 0. The second kappa shape index (κ2) is 11.6. The number of halogens is 1. The van der Waals surface area contributed by atoms with Crippen LogP contribution in [0.5, 0.6) is 0 Å². The minimum Gasteiger partial charge on any atom is -0.387 e. The van der Waals surface area contributed by atoms with Crippen LogP contribution in [0.15, 0.2) is 55.1 Å². The highest BCUT2D eigenvalue weighted by molar-refractivity contribution is 6.08. The molecule has 2 aromatic heterocycles. The summed E-state index contributed by atoms with van der Waals surface area (Å²) in [5.41, 5.74) is 3.28. The number of hydrogen-bond donors (Lipinski definition) is 2. The van der Waals surface area contributed by atoms with Crippen molar-refractivity contribution in [3.8, 4) is 0 Å². The summed E-state index contributed by atoms with van der Waals surface area (Å²) < 4.78 is 14.9. The minimum absolute atomic E-state index is 0.227. The van der Waals surface area contributed by atoms with Gasteiger partial charge in [0.2, 0.25) is 5.91 Å². The number of nitrogens with one attached hydrogen (secondary N) is 1. The molecule has 0 bridgehead atoms. The van der Waals surface area contributed by atoms with Gasteiger partial charge in [0, 0.05) is 31.3 Å². The molecule has 3 rings (SSSR count). The molecule has 0 aliphatic heterocycles. The van der Waals surface area contributed by atoms with E-state index in [4.69, 9.17) is 0 Å². The fraction of sp³-hybridized carbons (Fsp3) is 0.400. The van der Waals surface area contributed by atoms with Gasteiger partial charge in [0.25, 0.3) is 0 Å². The molecule has 1 aliphatic carbocycles. The van der Waals surface area contributed by atoms with Crippen LogP contribution in [0.1, 0.15) is 61.4 Å². The van der Waals surface area contributed by atoms with Gasteiger partial charge in [-0.05, 0) is 37.0 Å². The molecule has 0 aromatic carbocycles. The van der Waals surface area contributed by atoms with Gasteiger partial charge in [-0.3, -0.25) is 9.78 Å². The Morgan fingerprint density at radius 2 is 2.21 bits per heavy atom. The molecular formula is C25H31FN6O2. The van der Waals surface area contributed by atoms with Crippen LogP contribution in [0.25, 0.3) is 5.70 Å². The lowest BCUT2D eigenvalue weighted by Crippen LogP contribution is -2.31.